The molecule has 3 rings (SSSR count). The highest BCUT2D eigenvalue weighted by molar-refractivity contribution is 6.10. The van der Waals surface area contributed by atoms with Crippen LogP contribution in [0.15, 0.2) is 71.9 Å². The number of hydrogen-bond donors (Lipinski definition) is 3. The molecule has 3 N–H and O–H groups in total. The summed E-state index contributed by atoms with van der Waals surface area (Å²) in [5, 5.41) is 8.74. The van der Waals surface area contributed by atoms with Crippen molar-refractivity contribution in [3.63, 3.8) is 0 Å². The number of hydrogen-bond acceptors (Lipinski definition) is 4. The predicted molar refractivity (Wildman–Crippen MR) is 123 cm³/mol. The maximum Gasteiger partial charge on any atom is 0.258 e. The van der Waals surface area contributed by atoms with Crippen LogP contribution < -0.4 is 16.0 Å². The minimum atomic E-state index is -0.341. The van der Waals surface area contributed by atoms with Crippen LogP contribution in [0.5, 0.6) is 0 Å². The lowest BCUT2D eigenvalue weighted by Crippen LogP contribution is -2.36. The van der Waals surface area contributed by atoms with Gasteiger partial charge in [-0.1, -0.05) is 24.3 Å². The molecule has 1 heterocycles. The highest BCUT2D eigenvalue weighted by Gasteiger charge is 2.12. The summed E-state index contributed by atoms with van der Waals surface area (Å²) in [6.07, 6.45) is 1.70. The number of aromatic nitrogens is 1. The monoisotopic (exact) mass is 415 g/mol. The first kappa shape index (κ1) is 21.7. The van der Waals surface area contributed by atoms with Gasteiger partial charge in [-0.15, -0.1) is 0 Å². The van der Waals surface area contributed by atoms with Crippen LogP contribution in [-0.4, -0.2) is 22.8 Å². The number of carbonyl (C=O) groups excluding carboxylic acids is 2. The molecule has 0 unspecified atom stereocenters. The number of nitrogens with zero attached hydrogens (tertiary/aromatic N) is 2. The molecule has 0 aliphatic rings. The molecule has 0 bridgehead atoms. The number of aliphatic imine (C=N–C) groups is 1. The number of benzene rings is 2. The van der Waals surface area contributed by atoms with E-state index < -0.39 is 0 Å². The molecule has 0 spiro atoms. The van der Waals surface area contributed by atoms with E-state index in [1.54, 1.807) is 24.4 Å². The Morgan fingerprint density at radius 1 is 0.968 bits per heavy atom. The molecule has 3 aromatic rings. The van der Waals surface area contributed by atoms with Crippen LogP contribution in [0, 0.1) is 13.8 Å². The number of nitrogens with one attached hydrogen (secondary N) is 3. The smallest absolute Gasteiger partial charge is 0.258 e. The van der Waals surface area contributed by atoms with E-state index in [0.29, 0.717) is 23.8 Å². The average Bonchev–Trinajstić information content (AvgIpc) is 2.74. The minimum Gasteiger partial charge on any atom is -0.326 e. The quantitative estimate of drug-likeness (QED) is 0.433. The zero-order chi connectivity index (χ0) is 22.2. The largest absolute Gasteiger partial charge is 0.326 e. The van der Waals surface area contributed by atoms with E-state index in [4.69, 9.17) is 0 Å². The average molecular weight is 415 g/mol. The number of guanidine groups is 1. The Morgan fingerprint density at radius 2 is 1.81 bits per heavy atom. The van der Waals surface area contributed by atoms with Crippen LogP contribution in [-0.2, 0) is 11.3 Å². The van der Waals surface area contributed by atoms with Crippen LogP contribution in [0.25, 0.3) is 0 Å². The number of pyridine rings is 1. The van der Waals surface area contributed by atoms with Gasteiger partial charge in [0.15, 0.2) is 0 Å². The van der Waals surface area contributed by atoms with Gasteiger partial charge in [-0.3, -0.25) is 19.9 Å². The third kappa shape index (κ3) is 6.50. The summed E-state index contributed by atoms with van der Waals surface area (Å²) in [6.45, 7) is 5.59. The summed E-state index contributed by atoms with van der Waals surface area (Å²) < 4.78 is 0. The van der Waals surface area contributed by atoms with Crippen molar-refractivity contribution in [3.8, 4) is 0 Å². The third-order valence-corrected chi connectivity index (χ3v) is 4.45. The molecule has 31 heavy (non-hydrogen) atoms. The number of aryl methyl sites for hydroxylation is 2. The molecule has 7 nitrogen and oxygen atoms in total. The molecule has 0 aliphatic heterocycles. The third-order valence-electron chi connectivity index (χ3n) is 4.45. The Hall–Kier alpha value is -4.00. The molecule has 158 valence electrons. The Balaban J connectivity index is 1.83. The summed E-state index contributed by atoms with van der Waals surface area (Å²) in [5.41, 5.74) is 4.55. The lowest BCUT2D eigenvalue weighted by atomic mass is 10.1. The molecular formula is C24H25N5O2. The Morgan fingerprint density at radius 3 is 2.52 bits per heavy atom. The first-order valence-corrected chi connectivity index (χ1v) is 9.88. The van der Waals surface area contributed by atoms with Crippen molar-refractivity contribution in [1.82, 2.24) is 10.3 Å². The summed E-state index contributed by atoms with van der Waals surface area (Å²) >= 11 is 0. The molecule has 0 fully saturated rings. The zero-order valence-electron chi connectivity index (χ0n) is 17.8. The molecule has 0 saturated heterocycles. The lowest BCUT2D eigenvalue weighted by Gasteiger charge is -2.13. The zero-order valence-corrected chi connectivity index (χ0v) is 17.8. The van der Waals surface area contributed by atoms with E-state index in [2.05, 4.69) is 25.9 Å². The molecule has 0 atom stereocenters. The fourth-order valence-corrected chi connectivity index (χ4v) is 2.89. The summed E-state index contributed by atoms with van der Waals surface area (Å²) in [7, 11) is 0. The molecule has 1 aromatic heterocycles. The molecule has 2 aromatic carbocycles. The van der Waals surface area contributed by atoms with Gasteiger partial charge in [-0.25, -0.2) is 4.99 Å². The second kappa shape index (κ2) is 10.2. The molecule has 0 aliphatic carbocycles. The maximum atomic E-state index is 12.9. The van der Waals surface area contributed by atoms with E-state index in [1.807, 2.05) is 56.3 Å². The topological polar surface area (TPSA) is 95.5 Å². The first-order chi connectivity index (χ1) is 14.9. The predicted octanol–water partition coefficient (Wildman–Crippen LogP) is 4.05. The number of carbonyl (C=O) groups is 2. The van der Waals surface area contributed by atoms with Crippen LogP contribution in [0.2, 0.25) is 0 Å². The van der Waals surface area contributed by atoms with E-state index >= 15 is 0 Å². The van der Waals surface area contributed by atoms with Crippen molar-refractivity contribution >= 4 is 29.1 Å². The van der Waals surface area contributed by atoms with Gasteiger partial charge in [0.2, 0.25) is 11.9 Å². The van der Waals surface area contributed by atoms with Crippen molar-refractivity contribution in [2.24, 2.45) is 4.99 Å². The van der Waals surface area contributed by atoms with Crippen molar-refractivity contribution in [2.45, 2.75) is 27.3 Å². The van der Waals surface area contributed by atoms with Gasteiger partial charge in [-0.2, -0.15) is 0 Å². The Bertz CT molecular complexity index is 1110. The number of amides is 2. The van der Waals surface area contributed by atoms with Crippen molar-refractivity contribution in [3.05, 3.63) is 89.2 Å². The SMILES string of the molecule is CC(=O)Nc1cc(C(=O)NC(=NCc2ccccn2)Nc2cccc(C)c2)ccc1C. The summed E-state index contributed by atoms with van der Waals surface area (Å²) in [5.74, 6) is -0.228. The Kier molecular flexibility index (Phi) is 7.11. The van der Waals surface area contributed by atoms with Crippen LogP contribution in [0.4, 0.5) is 11.4 Å². The minimum absolute atomic E-state index is 0.195. The standard InChI is InChI=1S/C24H25N5O2/c1-16-7-6-9-20(13-16)28-24(26-15-21-8-4-5-12-25-21)29-23(31)19-11-10-17(2)22(14-19)27-18(3)30/h4-14H,15H2,1-3H3,(H,27,30)(H2,26,28,29,31). The number of rotatable bonds is 5. The van der Waals surface area contributed by atoms with Gasteiger partial charge >= 0.3 is 0 Å². The molecule has 0 saturated carbocycles. The normalized spacial score (nSPS) is 11.0. The van der Waals surface area contributed by atoms with Gasteiger partial charge in [-0.05, 0) is 61.4 Å². The van der Waals surface area contributed by atoms with E-state index in [-0.39, 0.29) is 11.8 Å². The molecular weight excluding hydrogens is 390 g/mol. The van der Waals surface area contributed by atoms with Crippen molar-refractivity contribution in [1.29, 1.82) is 0 Å². The number of anilines is 2. The van der Waals surface area contributed by atoms with Crippen LogP contribution in [0.3, 0.4) is 0 Å². The fraction of sp³-hybridized carbons (Fsp3) is 0.167. The van der Waals surface area contributed by atoms with E-state index in [9.17, 15) is 9.59 Å². The van der Waals surface area contributed by atoms with Crippen molar-refractivity contribution in [2.75, 3.05) is 10.6 Å². The summed E-state index contributed by atoms with van der Waals surface area (Å²) in [4.78, 5) is 33.1. The Labute approximate surface area is 181 Å². The van der Waals surface area contributed by atoms with Gasteiger partial charge in [0.25, 0.3) is 5.91 Å². The van der Waals surface area contributed by atoms with Gasteiger partial charge in [0.1, 0.15) is 0 Å². The van der Waals surface area contributed by atoms with Gasteiger partial charge < -0.3 is 10.6 Å². The van der Waals surface area contributed by atoms with Crippen LogP contribution >= 0.6 is 0 Å². The molecule has 2 amide bonds. The van der Waals surface area contributed by atoms with E-state index in [1.165, 1.54) is 6.92 Å². The second-order valence-electron chi connectivity index (χ2n) is 7.15. The first-order valence-electron chi connectivity index (χ1n) is 9.88. The van der Waals surface area contributed by atoms with Gasteiger partial charge in [0, 0.05) is 30.1 Å². The van der Waals surface area contributed by atoms with E-state index in [0.717, 1.165) is 22.5 Å². The molecule has 7 heteroatoms. The second-order valence-corrected chi connectivity index (χ2v) is 7.15. The van der Waals surface area contributed by atoms with Crippen LogP contribution in [0.1, 0.15) is 34.1 Å². The van der Waals surface area contributed by atoms with Gasteiger partial charge in [0.05, 0.1) is 12.2 Å². The maximum absolute atomic E-state index is 12.9. The highest BCUT2D eigenvalue weighted by atomic mass is 16.2. The lowest BCUT2D eigenvalue weighted by molar-refractivity contribution is -0.114. The van der Waals surface area contributed by atoms with Crippen molar-refractivity contribution < 1.29 is 9.59 Å². The highest BCUT2D eigenvalue weighted by Crippen LogP contribution is 2.17. The fourth-order valence-electron chi connectivity index (χ4n) is 2.89. The molecule has 0 radical (unpaired) electrons. The summed E-state index contributed by atoms with van der Waals surface area (Å²) in [6, 6.07) is 18.5.